The van der Waals surface area contributed by atoms with Gasteiger partial charge in [0.05, 0.1) is 15.6 Å². The van der Waals surface area contributed by atoms with Gasteiger partial charge in [-0.25, -0.2) is 0 Å². The molecule has 0 saturated carbocycles. The van der Waals surface area contributed by atoms with Gasteiger partial charge in [-0.1, -0.05) is 28.4 Å². The molecule has 0 radical (unpaired) electrons. The molecule has 1 aromatic rings. The number of nitro groups is 1. The van der Waals surface area contributed by atoms with Crippen molar-refractivity contribution < 1.29 is 19.7 Å². The number of oxime groups is 1. The zero-order chi connectivity index (χ0) is 14.3. The van der Waals surface area contributed by atoms with Crippen molar-refractivity contribution >= 4 is 52.0 Å². The number of hydrogen-bond donors (Lipinski definition) is 2. The van der Waals surface area contributed by atoms with E-state index < -0.39 is 38.6 Å². The fraction of sp³-hybridized carbons (Fsp3) is 0. The standard InChI is InChI=1S/C9H3Cl2N3O5/c10-2-1-3-4(7(5(2)11)14(18)19)8(15)6(13-17)9(16)12-3/h1,17H,(H,12,16)/b13-6-. The minimum Gasteiger partial charge on any atom is -0.410 e. The number of anilines is 1. The number of carbonyl (C=O) groups excluding carboxylic acids is 2. The van der Waals surface area contributed by atoms with Gasteiger partial charge in [0, 0.05) is 0 Å². The van der Waals surface area contributed by atoms with Gasteiger partial charge in [0.25, 0.3) is 5.91 Å². The van der Waals surface area contributed by atoms with Gasteiger partial charge in [0.15, 0.2) is 0 Å². The molecule has 0 saturated heterocycles. The van der Waals surface area contributed by atoms with Crippen molar-refractivity contribution in [2.45, 2.75) is 0 Å². The fourth-order valence-corrected chi connectivity index (χ4v) is 2.02. The smallest absolute Gasteiger partial charge is 0.302 e. The average Bonchev–Trinajstić information content (AvgIpc) is 2.32. The van der Waals surface area contributed by atoms with E-state index in [-0.39, 0.29) is 10.7 Å². The Morgan fingerprint density at radius 2 is 2.00 bits per heavy atom. The van der Waals surface area contributed by atoms with Crippen molar-refractivity contribution in [1.29, 1.82) is 0 Å². The van der Waals surface area contributed by atoms with Crippen LogP contribution in [-0.4, -0.2) is 27.5 Å². The summed E-state index contributed by atoms with van der Waals surface area (Å²) in [5, 5.41) is 23.6. The van der Waals surface area contributed by atoms with Gasteiger partial charge in [-0.05, 0) is 6.07 Å². The summed E-state index contributed by atoms with van der Waals surface area (Å²) in [4.78, 5) is 33.4. The highest BCUT2D eigenvalue weighted by molar-refractivity contribution is 6.73. The number of nitrogens with zero attached hydrogens (tertiary/aromatic N) is 2. The van der Waals surface area contributed by atoms with E-state index in [0.717, 1.165) is 6.07 Å². The molecular weight excluding hydrogens is 301 g/mol. The monoisotopic (exact) mass is 303 g/mol. The molecule has 1 aromatic carbocycles. The molecule has 1 aliphatic heterocycles. The maximum atomic E-state index is 11.9. The molecule has 2 N–H and O–H groups in total. The third-order valence-electron chi connectivity index (χ3n) is 2.38. The summed E-state index contributed by atoms with van der Waals surface area (Å²) in [7, 11) is 0. The normalized spacial score (nSPS) is 16.2. The lowest BCUT2D eigenvalue weighted by atomic mass is 9.98. The van der Waals surface area contributed by atoms with E-state index in [1.165, 1.54) is 0 Å². The van der Waals surface area contributed by atoms with E-state index in [1.54, 1.807) is 0 Å². The average molecular weight is 304 g/mol. The topological polar surface area (TPSA) is 122 Å². The summed E-state index contributed by atoms with van der Waals surface area (Å²) in [6, 6.07) is 1.11. The lowest BCUT2D eigenvalue weighted by Gasteiger charge is -2.17. The summed E-state index contributed by atoms with van der Waals surface area (Å²) >= 11 is 11.4. The molecule has 0 aliphatic carbocycles. The summed E-state index contributed by atoms with van der Waals surface area (Å²) in [6.07, 6.45) is 0. The first-order valence-corrected chi connectivity index (χ1v) is 5.38. The molecule has 1 aliphatic rings. The second kappa shape index (κ2) is 4.48. The highest BCUT2D eigenvalue weighted by atomic mass is 35.5. The van der Waals surface area contributed by atoms with E-state index in [1.807, 2.05) is 0 Å². The van der Waals surface area contributed by atoms with Gasteiger partial charge in [-0.15, -0.1) is 0 Å². The number of carbonyl (C=O) groups is 2. The van der Waals surface area contributed by atoms with Crippen molar-refractivity contribution in [3.63, 3.8) is 0 Å². The second-order valence-electron chi connectivity index (χ2n) is 3.43. The van der Waals surface area contributed by atoms with E-state index in [2.05, 4.69) is 10.5 Å². The van der Waals surface area contributed by atoms with E-state index in [4.69, 9.17) is 28.4 Å². The van der Waals surface area contributed by atoms with Crippen LogP contribution in [0, 0.1) is 10.1 Å². The number of hydrogen-bond acceptors (Lipinski definition) is 6. The number of ketones is 1. The van der Waals surface area contributed by atoms with Gasteiger partial charge in [-0.2, -0.15) is 0 Å². The van der Waals surface area contributed by atoms with Gasteiger partial charge in [0.2, 0.25) is 11.5 Å². The van der Waals surface area contributed by atoms with Gasteiger partial charge < -0.3 is 10.5 Å². The zero-order valence-electron chi connectivity index (χ0n) is 8.81. The Morgan fingerprint density at radius 3 is 2.53 bits per heavy atom. The fourth-order valence-electron chi connectivity index (χ4n) is 1.61. The first-order chi connectivity index (χ1) is 8.88. The second-order valence-corrected chi connectivity index (χ2v) is 4.22. The molecule has 98 valence electrons. The summed E-state index contributed by atoms with van der Waals surface area (Å²) in [5.41, 5.74) is -2.26. The molecule has 0 aromatic heterocycles. The van der Waals surface area contributed by atoms with Crippen LogP contribution < -0.4 is 5.32 Å². The first kappa shape index (κ1) is 13.2. The Morgan fingerprint density at radius 1 is 1.37 bits per heavy atom. The van der Waals surface area contributed by atoms with E-state index in [9.17, 15) is 19.7 Å². The number of nitro benzene ring substituents is 1. The Hall–Kier alpha value is -2.19. The van der Waals surface area contributed by atoms with E-state index >= 15 is 0 Å². The van der Waals surface area contributed by atoms with E-state index in [0.29, 0.717) is 0 Å². The maximum Gasteiger partial charge on any atom is 0.302 e. The number of nitrogens with one attached hydrogen (secondary N) is 1. The zero-order valence-corrected chi connectivity index (χ0v) is 10.3. The van der Waals surface area contributed by atoms with Crippen LogP contribution in [-0.2, 0) is 4.79 Å². The Bertz CT molecular complexity index is 670. The van der Waals surface area contributed by atoms with Crippen molar-refractivity contribution in [3.8, 4) is 0 Å². The largest absolute Gasteiger partial charge is 0.410 e. The number of amides is 1. The van der Waals surface area contributed by atoms with Crippen molar-refractivity contribution in [1.82, 2.24) is 0 Å². The summed E-state index contributed by atoms with van der Waals surface area (Å²) < 4.78 is 0. The lowest BCUT2D eigenvalue weighted by Crippen LogP contribution is -2.36. The van der Waals surface area contributed by atoms with Crippen LogP contribution in [0.1, 0.15) is 10.4 Å². The quantitative estimate of drug-likeness (QED) is 0.466. The first-order valence-electron chi connectivity index (χ1n) is 4.63. The lowest BCUT2D eigenvalue weighted by molar-refractivity contribution is -0.384. The van der Waals surface area contributed by atoms with Crippen molar-refractivity contribution in [2.24, 2.45) is 5.16 Å². The molecule has 10 heteroatoms. The van der Waals surface area contributed by atoms with Crippen LogP contribution >= 0.6 is 23.2 Å². The molecule has 1 heterocycles. The van der Waals surface area contributed by atoms with Crippen LogP contribution in [0.3, 0.4) is 0 Å². The molecule has 19 heavy (non-hydrogen) atoms. The number of fused-ring (bicyclic) bond motifs is 1. The number of halogens is 2. The van der Waals surface area contributed by atoms with Crippen LogP contribution in [0.4, 0.5) is 11.4 Å². The van der Waals surface area contributed by atoms with Crippen molar-refractivity contribution in [2.75, 3.05) is 5.32 Å². The Balaban J connectivity index is 2.84. The molecule has 0 fully saturated rings. The molecule has 0 spiro atoms. The SMILES string of the molecule is O=C1Nc2cc(Cl)c(Cl)c([N+](=O)[O-])c2C(=O)/C1=N/O. The van der Waals surface area contributed by atoms with Crippen LogP contribution in [0.5, 0.6) is 0 Å². The van der Waals surface area contributed by atoms with Crippen LogP contribution in [0.2, 0.25) is 10.0 Å². The Labute approximate surface area is 114 Å². The van der Waals surface area contributed by atoms with Crippen LogP contribution in [0.25, 0.3) is 0 Å². The highest BCUT2D eigenvalue weighted by Gasteiger charge is 2.39. The molecule has 0 bridgehead atoms. The molecule has 8 nitrogen and oxygen atoms in total. The molecule has 0 unspecified atom stereocenters. The van der Waals surface area contributed by atoms with Gasteiger partial charge in [0.1, 0.15) is 10.6 Å². The number of Topliss-reactive ketones (excluding diaryl/α,β-unsaturated/α-hetero) is 1. The Kier molecular flexibility index (Phi) is 3.13. The van der Waals surface area contributed by atoms with Crippen LogP contribution in [0.15, 0.2) is 11.2 Å². The molecular formula is C9H3Cl2N3O5. The third kappa shape index (κ3) is 1.90. The highest BCUT2D eigenvalue weighted by Crippen LogP contribution is 2.41. The predicted octanol–water partition coefficient (Wildman–Crippen LogP) is 1.87. The van der Waals surface area contributed by atoms with Crippen molar-refractivity contribution in [3.05, 3.63) is 31.8 Å². The minimum absolute atomic E-state index is 0.163. The maximum absolute atomic E-state index is 11.9. The summed E-state index contributed by atoms with van der Waals surface area (Å²) in [5.74, 6) is -2.10. The number of benzene rings is 1. The molecule has 2 rings (SSSR count). The van der Waals surface area contributed by atoms with Gasteiger partial charge in [-0.3, -0.25) is 19.7 Å². The molecule has 0 atom stereocenters. The third-order valence-corrected chi connectivity index (χ3v) is 3.16. The minimum atomic E-state index is -1.11. The molecule has 1 amide bonds. The summed E-state index contributed by atoms with van der Waals surface area (Å²) in [6.45, 7) is 0. The van der Waals surface area contributed by atoms with Gasteiger partial charge >= 0.3 is 5.69 Å². The predicted molar refractivity (Wildman–Crippen MR) is 65.3 cm³/mol. The number of rotatable bonds is 1.